The van der Waals surface area contributed by atoms with Gasteiger partial charge >= 0.3 is 0 Å². The molecule has 15 heavy (non-hydrogen) atoms. The Bertz CT molecular complexity index is 218. The summed E-state index contributed by atoms with van der Waals surface area (Å²) in [6.07, 6.45) is 7.15. The van der Waals surface area contributed by atoms with Crippen LogP contribution in [-0.4, -0.2) is 35.1 Å². The third-order valence-electron chi connectivity index (χ3n) is 3.81. The van der Waals surface area contributed by atoms with Gasteiger partial charge in [-0.15, -0.1) is 0 Å². The molecule has 2 rings (SSSR count). The predicted molar refractivity (Wildman–Crippen MR) is 58.4 cm³/mol. The molecule has 1 amide bonds. The molecule has 86 valence electrons. The van der Waals surface area contributed by atoms with Crippen LogP contribution in [0.3, 0.4) is 0 Å². The highest BCUT2D eigenvalue weighted by atomic mass is 16.3. The number of carbonyl (C=O) groups excluding carboxylic acids is 1. The van der Waals surface area contributed by atoms with Crippen molar-refractivity contribution >= 4 is 5.91 Å². The van der Waals surface area contributed by atoms with Gasteiger partial charge in [0.15, 0.2) is 0 Å². The number of hydrogen-bond acceptors (Lipinski definition) is 2. The zero-order valence-corrected chi connectivity index (χ0v) is 9.32. The number of nitrogens with zero attached hydrogens (tertiary/aromatic N) is 1. The minimum atomic E-state index is -0.180. The second kappa shape index (κ2) is 4.97. The highest BCUT2D eigenvalue weighted by Crippen LogP contribution is 2.30. The Morgan fingerprint density at radius 2 is 1.87 bits per heavy atom. The molecule has 0 spiro atoms. The van der Waals surface area contributed by atoms with E-state index in [-0.39, 0.29) is 6.10 Å². The average Bonchev–Trinajstić information content (AvgIpc) is 2.16. The summed E-state index contributed by atoms with van der Waals surface area (Å²) in [4.78, 5) is 13.7. The molecule has 0 aromatic rings. The van der Waals surface area contributed by atoms with E-state index in [1.165, 1.54) is 19.3 Å². The van der Waals surface area contributed by atoms with Crippen LogP contribution in [0.4, 0.5) is 0 Å². The lowest BCUT2D eigenvalue weighted by atomic mass is 9.82. The fourth-order valence-electron chi connectivity index (χ4n) is 2.38. The summed E-state index contributed by atoms with van der Waals surface area (Å²) in [5.41, 5.74) is 0. The molecular formula is C12H21NO2. The molecule has 3 nitrogen and oxygen atoms in total. The van der Waals surface area contributed by atoms with Gasteiger partial charge in [0.1, 0.15) is 0 Å². The fraction of sp³-hybridized carbons (Fsp3) is 0.917. The Morgan fingerprint density at radius 3 is 2.40 bits per heavy atom. The monoisotopic (exact) mass is 211 g/mol. The molecule has 0 atom stereocenters. The van der Waals surface area contributed by atoms with Crippen LogP contribution in [0.5, 0.6) is 0 Å². The highest BCUT2D eigenvalue weighted by Gasteiger charge is 2.23. The van der Waals surface area contributed by atoms with Crippen LogP contribution in [0.2, 0.25) is 0 Å². The van der Waals surface area contributed by atoms with Gasteiger partial charge in [-0.05, 0) is 25.2 Å². The van der Waals surface area contributed by atoms with Gasteiger partial charge in [0.25, 0.3) is 0 Å². The maximum Gasteiger partial charge on any atom is 0.222 e. The van der Waals surface area contributed by atoms with E-state index in [1.54, 1.807) is 0 Å². The van der Waals surface area contributed by atoms with Gasteiger partial charge in [0, 0.05) is 19.5 Å². The molecule has 3 heteroatoms. The number of hydrogen-bond donors (Lipinski definition) is 1. The first-order valence-electron chi connectivity index (χ1n) is 6.21. The Kier molecular flexibility index (Phi) is 3.62. The molecule has 0 bridgehead atoms. The van der Waals surface area contributed by atoms with Gasteiger partial charge < -0.3 is 10.0 Å². The number of likely N-dealkylation sites (tertiary alicyclic amines) is 1. The number of amides is 1. The average molecular weight is 211 g/mol. The molecule has 0 unspecified atom stereocenters. The normalized spacial score (nSPS) is 23.9. The third-order valence-corrected chi connectivity index (χ3v) is 3.81. The molecule has 0 aromatic carbocycles. The number of piperidine rings is 1. The summed E-state index contributed by atoms with van der Waals surface area (Å²) >= 11 is 0. The van der Waals surface area contributed by atoms with Crippen LogP contribution >= 0.6 is 0 Å². The summed E-state index contributed by atoms with van der Waals surface area (Å²) in [6.45, 7) is 1.51. The first-order chi connectivity index (χ1) is 7.25. The lowest BCUT2D eigenvalue weighted by molar-refractivity contribution is -0.133. The Labute approximate surface area is 91.5 Å². The first-order valence-corrected chi connectivity index (χ1v) is 6.21. The lowest BCUT2D eigenvalue weighted by Gasteiger charge is -2.31. The summed E-state index contributed by atoms with van der Waals surface area (Å²) < 4.78 is 0. The highest BCUT2D eigenvalue weighted by molar-refractivity contribution is 5.76. The van der Waals surface area contributed by atoms with Crippen molar-refractivity contribution in [1.29, 1.82) is 0 Å². The number of rotatable bonds is 3. The summed E-state index contributed by atoms with van der Waals surface area (Å²) in [7, 11) is 0. The number of aliphatic hydroxyl groups excluding tert-OH is 1. The smallest absolute Gasteiger partial charge is 0.222 e. The fourth-order valence-corrected chi connectivity index (χ4v) is 2.38. The van der Waals surface area contributed by atoms with Gasteiger partial charge in [-0.25, -0.2) is 0 Å². The third kappa shape index (κ3) is 2.94. The van der Waals surface area contributed by atoms with Crippen molar-refractivity contribution in [3.8, 4) is 0 Å². The Hall–Kier alpha value is -0.570. The van der Waals surface area contributed by atoms with E-state index < -0.39 is 0 Å². The molecule has 0 aromatic heterocycles. The van der Waals surface area contributed by atoms with Gasteiger partial charge in [-0.1, -0.05) is 19.3 Å². The van der Waals surface area contributed by atoms with Crippen molar-refractivity contribution in [2.45, 2.75) is 51.0 Å². The van der Waals surface area contributed by atoms with Gasteiger partial charge in [0.2, 0.25) is 5.91 Å². The molecule has 0 radical (unpaired) electrons. The Morgan fingerprint density at radius 1 is 1.20 bits per heavy atom. The molecule has 1 aliphatic carbocycles. The zero-order chi connectivity index (χ0) is 10.7. The largest absolute Gasteiger partial charge is 0.393 e. The first kappa shape index (κ1) is 10.9. The van der Waals surface area contributed by atoms with Gasteiger partial charge in [-0.2, -0.15) is 0 Å². The van der Waals surface area contributed by atoms with Crippen molar-refractivity contribution in [1.82, 2.24) is 4.90 Å². The SMILES string of the molecule is O=C(CCC1CCC1)N1CCC(O)CC1. The molecular weight excluding hydrogens is 190 g/mol. The lowest BCUT2D eigenvalue weighted by Crippen LogP contribution is -2.40. The molecule has 1 heterocycles. The zero-order valence-electron chi connectivity index (χ0n) is 9.32. The van der Waals surface area contributed by atoms with Crippen molar-refractivity contribution in [2.75, 3.05) is 13.1 Å². The molecule has 2 fully saturated rings. The van der Waals surface area contributed by atoms with E-state index in [1.807, 2.05) is 4.90 Å². The van der Waals surface area contributed by atoms with Crippen LogP contribution in [0.15, 0.2) is 0 Å². The van der Waals surface area contributed by atoms with Crippen LogP contribution in [0.25, 0.3) is 0 Å². The van der Waals surface area contributed by atoms with E-state index in [4.69, 9.17) is 0 Å². The van der Waals surface area contributed by atoms with E-state index in [2.05, 4.69) is 0 Å². The standard InChI is InChI=1S/C12H21NO2/c14-11-6-8-13(9-7-11)12(15)5-4-10-2-1-3-10/h10-11,14H,1-9H2. The Balaban J connectivity index is 1.66. The second-order valence-electron chi connectivity index (χ2n) is 4.95. The molecule has 1 saturated carbocycles. The van der Waals surface area contributed by atoms with Crippen LogP contribution in [0, 0.1) is 5.92 Å². The molecule has 1 N–H and O–H groups in total. The van der Waals surface area contributed by atoms with Crippen molar-refractivity contribution in [2.24, 2.45) is 5.92 Å². The quantitative estimate of drug-likeness (QED) is 0.769. The van der Waals surface area contributed by atoms with Gasteiger partial charge in [-0.3, -0.25) is 4.79 Å². The van der Waals surface area contributed by atoms with Crippen molar-refractivity contribution in [3.05, 3.63) is 0 Å². The maximum absolute atomic E-state index is 11.8. The number of aliphatic hydroxyl groups is 1. The maximum atomic E-state index is 11.8. The minimum Gasteiger partial charge on any atom is -0.393 e. The number of carbonyl (C=O) groups is 1. The molecule has 1 saturated heterocycles. The van der Waals surface area contributed by atoms with Crippen LogP contribution in [0.1, 0.15) is 44.9 Å². The second-order valence-corrected chi connectivity index (χ2v) is 4.95. The topological polar surface area (TPSA) is 40.5 Å². The van der Waals surface area contributed by atoms with Crippen molar-refractivity contribution < 1.29 is 9.90 Å². The van der Waals surface area contributed by atoms with E-state index in [0.717, 1.165) is 44.7 Å². The van der Waals surface area contributed by atoms with Crippen molar-refractivity contribution in [3.63, 3.8) is 0 Å². The van der Waals surface area contributed by atoms with E-state index >= 15 is 0 Å². The molecule has 2 aliphatic rings. The summed E-state index contributed by atoms with van der Waals surface area (Å²) in [5.74, 6) is 1.12. The van der Waals surface area contributed by atoms with E-state index in [0.29, 0.717) is 5.91 Å². The van der Waals surface area contributed by atoms with Crippen LogP contribution in [-0.2, 0) is 4.79 Å². The van der Waals surface area contributed by atoms with Gasteiger partial charge in [0.05, 0.1) is 6.10 Å². The summed E-state index contributed by atoms with van der Waals surface area (Å²) in [5, 5.41) is 9.34. The predicted octanol–water partition coefficient (Wildman–Crippen LogP) is 1.55. The van der Waals surface area contributed by atoms with E-state index in [9.17, 15) is 9.90 Å². The van der Waals surface area contributed by atoms with Crippen LogP contribution < -0.4 is 0 Å². The molecule has 1 aliphatic heterocycles. The summed E-state index contributed by atoms with van der Waals surface area (Å²) in [6, 6.07) is 0. The minimum absolute atomic E-state index is 0.180.